The largest absolute Gasteiger partial charge is 0.497 e. The van der Waals surface area contributed by atoms with Gasteiger partial charge < -0.3 is 29.2 Å². The highest BCUT2D eigenvalue weighted by atomic mass is 32.1. The summed E-state index contributed by atoms with van der Waals surface area (Å²) in [5.74, 6) is 1.69. The second kappa shape index (κ2) is 14.8. The number of methoxy groups -OCH3 is 3. The number of thiophene rings is 1. The maximum atomic E-state index is 14.0. The molecule has 2 aromatic heterocycles. The van der Waals surface area contributed by atoms with Crippen LogP contribution in [0.3, 0.4) is 0 Å². The smallest absolute Gasteiger partial charge is 0.248 e. The van der Waals surface area contributed by atoms with Crippen molar-refractivity contribution in [3.8, 4) is 28.6 Å². The summed E-state index contributed by atoms with van der Waals surface area (Å²) < 4.78 is 21.8. The predicted molar refractivity (Wildman–Crippen MR) is 164 cm³/mol. The van der Waals surface area contributed by atoms with Crippen LogP contribution in [0.1, 0.15) is 29.3 Å². The minimum Gasteiger partial charge on any atom is -0.497 e. The van der Waals surface area contributed by atoms with Crippen molar-refractivity contribution in [1.29, 1.82) is 0 Å². The molecule has 0 bridgehead atoms. The van der Waals surface area contributed by atoms with Gasteiger partial charge in [-0.1, -0.05) is 12.1 Å². The van der Waals surface area contributed by atoms with Gasteiger partial charge in [0.25, 0.3) is 0 Å². The molecule has 1 N–H and O–H groups in total. The first-order chi connectivity index (χ1) is 21.5. The van der Waals surface area contributed by atoms with Crippen LogP contribution in [0.2, 0.25) is 0 Å². The lowest BCUT2D eigenvalue weighted by Crippen LogP contribution is -2.47. The molecule has 5 rings (SSSR count). The molecule has 1 aliphatic heterocycles. The molecule has 2 amide bonds. The Kier molecular flexibility index (Phi) is 10.4. The molecule has 232 valence electrons. The standard InChI is InChI=1S/C31H36N6O6S/c1-40-23-11-9-22(10-12-23)30-33-35-37(34-30)20-28(38)36(15-14-21-8-13-25(41-2)26(18-21)42-3)29(27-7-5-17-44-27)31(39)32-19-24-6-4-16-43-24/h5,7-13,17-18,24,29H,4,6,14-16,19-20H2,1-3H3,(H,32,39)/t24-,29+/m0/s1. The number of carbonyl (C=O) groups is 2. The maximum Gasteiger partial charge on any atom is 0.248 e. The monoisotopic (exact) mass is 620 g/mol. The molecule has 44 heavy (non-hydrogen) atoms. The Hall–Kier alpha value is -4.49. The Labute approximate surface area is 259 Å². The predicted octanol–water partition coefficient (Wildman–Crippen LogP) is 3.54. The zero-order chi connectivity index (χ0) is 30.9. The van der Waals surface area contributed by atoms with Crippen LogP contribution in [0.25, 0.3) is 11.4 Å². The lowest BCUT2D eigenvalue weighted by Gasteiger charge is -2.31. The van der Waals surface area contributed by atoms with Crippen LogP contribution >= 0.6 is 11.3 Å². The van der Waals surface area contributed by atoms with E-state index in [1.54, 1.807) is 38.4 Å². The second-order valence-corrected chi connectivity index (χ2v) is 11.2. The van der Waals surface area contributed by atoms with Crippen LogP contribution in [0.4, 0.5) is 0 Å². The van der Waals surface area contributed by atoms with E-state index in [0.717, 1.165) is 28.8 Å². The summed E-state index contributed by atoms with van der Waals surface area (Å²) in [6.07, 6.45) is 2.29. The summed E-state index contributed by atoms with van der Waals surface area (Å²) in [6, 6.07) is 15.8. The molecule has 1 saturated heterocycles. The lowest BCUT2D eigenvalue weighted by atomic mass is 10.1. The highest BCUT2D eigenvalue weighted by molar-refractivity contribution is 7.10. The van der Waals surface area contributed by atoms with Gasteiger partial charge in [-0.2, -0.15) is 4.80 Å². The fourth-order valence-electron chi connectivity index (χ4n) is 5.05. The summed E-state index contributed by atoms with van der Waals surface area (Å²) in [6.45, 7) is 1.13. The molecule has 2 aromatic carbocycles. The number of hydrogen-bond acceptors (Lipinski definition) is 10. The van der Waals surface area contributed by atoms with Gasteiger partial charge in [0.2, 0.25) is 17.6 Å². The third kappa shape index (κ3) is 7.53. The van der Waals surface area contributed by atoms with Crippen LogP contribution in [0, 0.1) is 0 Å². The normalized spacial score (nSPS) is 15.0. The molecule has 1 fully saturated rings. The summed E-state index contributed by atoms with van der Waals surface area (Å²) in [5, 5.41) is 17.6. The molecule has 13 heteroatoms. The molecular formula is C31H36N6O6S. The van der Waals surface area contributed by atoms with Crippen molar-refractivity contribution >= 4 is 23.2 Å². The van der Waals surface area contributed by atoms with E-state index in [1.807, 2.05) is 47.8 Å². The highest BCUT2D eigenvalue weighted by Gasteiger charge is 2.33. The van der Waals surface area contributed by atoms with Gasteiger partial charge in [-0.3, -0.25) is 9.59 Å². The zero-order valence-electron chi connectivity index (χ0n) is 25.0. The van der Waals surface area contributed by atoms with E-state index in [9.17, 15) is 9.59 Å². The molecule has 0 spiro atoms. The third-order valence-electron chi connectivity index (χ3n) is 7.39. The Morgan fingerprint density at radius 3 is 2.59 bits per heavy atom. The number of amides is 2. The summed E-state index contributed by atoms with van der Waals surface area (Å²) in [5.41, 5.74) is 1.66. The number of tetrazole rings is 1. The highest BCUT2D eigenvalue weighted by Crippen LogP contribution is 2.30. The van der Waals surface area contributed by atoms with Crippen molar-refractivity contribution in [2.24, 2.45) is 0 Å². The summed E-state index contributed by atoms with van der Waals surface area (Å²) in [7, 11) is 4.75. The van der Waals surface area contributed by atoms with Crippen molar-refractivity contribution in [3.63, 3.8) is 0 Å². The topological polar surface area (TPSA) is 130 Å². The number of rotatable bonds is 14. The van der Waals surface area contributed by atoms with Gasteiger partial charge in [0, 0.05) is 30.1 Å². The Balaban J connectivity index is 1.39. The average molecular weight is 621 g/mol. The number of benzene rings is 2. The first kappa shape index (κ1) is 31.0. The molecular weight excluding hydrogens is 584 g/mol. The number of nitrogens with one attached hydrogen (secondary N) is 1. The van der Waals surface area contributed by atoms with Crippen LogP contribution in [-0.2, 0) is 27.3 Å². The molecule has 0 radical (unpaired) electrons. The SMILES string of the molecule is COc1ccc(-c2nnn(CC(=O)N(CCc3ccc(OC)c(OC)c3)[C@@H](C(=O)NC[C@@H]3CCCO3)c3cccs3)n2)cc1. The van der Waals surface area contributed by atoms with E-state index in [2.05, 4.69) is 20.7 Å². The van der Waals surface area contributed by atoms with Gasteiger partial charge >= 0.3 is 0 Å². The summed E-state index contributed by atoms with van der Waals surface area (Å²) in [4.78, 5) is 31.4. The molecule has 4 aromatic rings. The van der Waals surface area contributed by atoms with Gasteiger partial charge in [-0.05, 0) is 77.9 Å². The Morgan fingerprint density at radius 2 is 1.91 bits per heavy atom. The molecule has 0 aliphatic carbocycles. The van der Waals surface area contributed by atoms with Crippen molar-refractivity contribution in [2.75, 3.05) is 41.0 Å². The fourth-order valence-corrected chi connectivity index (χ4v) is 5.88. The van der Waals surface area contributed by atoms with Crippen molar-refractivity contribution in [3.05, 3.63) is 70.4 Å². The van der Waals surface area contributed by atoms with Crippen molar-refractivity contribution in [2.45, 2.75) is 38.0 Å². The number of ether oxygens (including phenoxy) is 4. The quantitative estimate of drug-likeness (QED) is 0.225. The van der Waals surface area contributed by atoms with E-state index in [0.29, 0.717) is 42.6 Å². The van der Waals surface area contributed by atoms with Crippen LogP contribution < -0.4 is 19.5 Å². The van der Waals surface area contributed by atoms with Crippen LogP contribution in [0.15, 0.2) is 60.0 Å². The fraction of sp³-hybridized carbons (Fsp3) is 0.387. The van der Waals surface area contributed by atoms with E-state index in [4.69, 9.17) is 18.9 Å². The number of carbonyl (C=O) groups excluding carboxylic acids is 2. The van der Waals surface area contributed by atoms with Crippen molar-refractivity contribution < 1.29 is 28.5 Å². The Morgan fingerprint density at radius 1 is 1.09 bits per heavy atom. The average Bonchev–Trinajstić information content (AvgIpc) is 3.86. The van der Waals surface area contributed by atoms with Gasteiger partial charge in [0.15, 0.2) is 11.5 Å². The van der Waals surface area contributed by atoms with Gasteiger partial charge in [0.05, 0.1) is 27.4 Å². The first-order valence-corrected chi connectivity index (χ1v) is 15.2. The lowest BCUT2D eigenvalue weighted by molar-refractivity contribution is -0.141. The van der Waals surface area contributed by atoms with Crippen molar-refractivity contribution in [1.82, 2.24) is 30.4 Å². The second-order valence-electron chi connectivity index (χ2n) is 10.2. The van der Waals surface area contributed by atoms with E-state index in [1.165, 1.54) is 16.1 Å². The maximum absolute atomic E-state index is 14.0. The summed E-state index contributed by atoms with van der Waals surface area (Å²) >= 11 is 1.42. The first-order valence-electron chi connectivity index (χ1n) is 14.3. The van der Waals surface area contributed by atoms with Gasteiger partial charge in [-0.15, -0.1) is 21.5 Å². The van der Waals surface area contributed by atoms with E-state index in [-0.39, 0.29) is 31.0 Å². The molecule has 0 saturated carbocycles. The van der Waals surface area contributed by atoms with Gasteiger partial charge in [0.1, 0.15) is 18.3 Å². The minimum absolute atomic E-state index is 0.0328. The van der Waals surface area contributed by atoms with E-state index < -0.39 is 6.04 Å². The van der Waals surface area contributed by atoms with Crippen LogP contribution in [-0.4, -0.2) is 84.1 Å². The number of aromatic nitrogens is 4. The zero-order valence-corrected chi connectivity index (χ0v) is 25.8. The van der Waals surface area contributed by atoms with E-state index >= 15 is 0 Å². The Bertz CT molecular complexity index is 1520. The molecule has 2 atom stereocenters. The minimum atomic E-state index is -0.853. The third-order valence-corrected chi connectivity index (χ3v) is 8.31. The number of hydrogen-bond donors (Lipinski definition) is 1. The molecule has 3 heterocycles. The molecule has 1 aliphatic rings. The number of nitrogens with zero attached hydrogens (tertiary/aromatic N) is 5. The van der Waals surface area contributed by atoms with Gasteiger partial charge in [-0.25, -0.2) is 0 Å². The molecule has 0 unspecified atom stereocenters. The molecule has 12 nitrogen and oxygen atoms in total. The van der Waals surface area contributed by atoms with Crippen LogP contribution in [0.5, 0.6) is 17.2 Å².